The Morgan fingerprint density at radius 2 is 1.68 bits per heavy atom. The van der Waals surface area contributed by atoms with Crippen molar-refractivity contribution < 1.29 is 19.0 Å². The highest BCUT2D eigenvalue weighted by Crippen LogP contribution is 2.40. The van der Waals surface area contributed by atoms with Crippen LogP contribution in [0.5, 0.6) is 17.2 Å². The van der Waals surface area contributed by atoms with Gasteiger partial charge in [0.05, 0.1) is 32.7 Å². The molecule has 25 heavy (non-hydrogen) atoms. The van der Waals surface area contributed by atoms with Crippen molar-refractivity contribution in [1.82, 2.24) is 0 Å². The standard InChI is InChI=1S/C18H22N2O4.ClH/c1-22-15-10-8-12(17(23-2)18(15)24-3)9-11-16(21)20-14-7-5-4-6-13(14)19;/h4-8,10H,9,11,19H2,1-3H3,(H,20,21);1H. The van der Waals surface area contributed by atoms with E-state index in [9.17, 15) is 4.79 Å². The van der Waals surface area contributed by atoms with E-state index in [0.717, 1.165) is 5.56 Å². The Hall–Kier alpha value is -2.60. The third-order valence-electron chi connectivity index (χ3n) is 3.64. The number of halogens is 1. The molecule has 0 radical (unpaired) electrons. The number of hydrogen-bond acceptors (Lipinski definition) is 5. The summed E-state index contributed by atoms with van der Waals surface area (Å²) in [6.45, 7) is 0. The Kier molecular flexibility index (Phi) is 7.88. The van der Waals surface area contributed by atoms with Crippen LogP contribution in [0, 0.1) is 0 Å². The summed E-state index contributed by atoms with van der Waals surface area (Å²) in [7, 11) is 4.68. The van der Waals surface area contributed by atoms with Gasteiger partial charge in [0.15, 0.2) is 11.5 Å². The fourth-order valence-corrected chi connectivity index (χ4v) is 2.43. The largest absolute Gasteiger partial charge is 0.493 e. The molecule has 6 nitrogen and oxygen atoms in total. The van der Waals surface area contributed by atoms with E-state index in [4.69, 9.17) is 19.9 Å². The van der Waals surface area contributed by atoms with E-state index in [1.807, 2.05) is 18.2 Å². The highest BCUT2D eigenvalue weighted by Gasteiger charge is 2.16. The zero-order chi connectivity index (χ0) is 17.5. The number of rotatable bonds is 7. The van der Waals surface area contributed by atoms with E-state index < -0.39 is 0 Å². The molecule has 0 aliphatic carbocycles. The predicted octanol–water partition coefficient (Wildman–Crippen LogP) is 3.29. The first-order valence-electron chi connectivity index (χ1n) is 7.53. The minimum atomic E-state index is -0.121. The minimum absolute atomic E-state index is 0. The number of nitrogens with two attached hydrogens (primary N) is 1. The molecule has 2 rings (SSSR count). The molecule has 2 aromatic rings. The fraction of sp³-hybridized carbons (Fsp3) is 0.278. The number of para-hydroxylation sites is 2. The molecule has 0 spiro atoms. The number of ether oxygens (including phenoxy) is 3. The number of benzene rings is 2. The molecule has 0 saturated heterocycles. The first-order valence-corrected chi connectivity index (χ1v) is 7.53. The Balaban J connectivity index is 0.00000312. The van der Waals surface area contributed by atoms with E-state index >= 15 is 0 Å². The van der Waals surface area contributed by atoms with Crippen LogP contribution in [0.1, 0.15) is 12.0 Å². The summed E-state index contributed by atoms with van der Waals surface area (Å²) in [5, 5.41) is 2.81. The van der Waals surface area contributed by atoms with E-state index in [2.05, 4.69) is 5.32 Å². The smallest absolute Gasteiger partial charge is 0.224 e. The number of carbonyl (C=O) groups is 1. The van der Waals surface area contributed by atoms with E-state index in [0.29, 0.717) is 41.5 Å². The normalized spacial score (nSPS) is 9.72. The van der Waals surface area contributed by atoms with Gasteiger partial charge in [0.1, 0.15) is 0 Å². The van der Waals surface area contributed by atoms with E-state index in [-0.39, 0.29) is 18.3 Å². The summed E-state index contributed by atoms with van der Waals surface area (Å²) < 4.78 is 16.0. The predicted molar refractivity (Wildman–Crippen MR) is 101 cm³/mol. The number of amides is 1. The van der Waals surface area contributed by atoms with Crippen LogP contribution in [0.15, 0.2) is 36.4 Å². The summed E-state index contributed by atoms with van der Waals surface area (Å²) in [6, 6.07) is 10.8. The lowest BCUT2D eigenvalue weighted by Crippen LogP contribution is -2.13. The van der Waals surface area contributed by atoms with E-state index in [1.165, 1.54) is 0 Å². The molecule has 0 unspecified atom stereocenters. The SMILES string of the molecule is COc1ccc(CCC(=O)Nc2ccccc2N)c(OC)c1OC.Cl. The maximum Gasteiger partial charge on any atom is 0.224 e. The average molecular weight is 367 g/mol. The van der Waals surface area contributed by atoms with Crippen molar-refractivity contribution >= 4 is 29.7 Å². The summed E-state index contributed by atoms with van der Waals surface area (Å²) >= 11 is 0. The lowest BCUT2D eigenvalue weighted by Gasteiger charge is -2.15. The van der Waals surface area contributed by atoms with Gasteiger partial charge in [0.25, 0.3) is 0 Å². The highest BCUT2D eigenvalue weighted by molar-refractivity contribution is 5.93. The second-order valence-electron chi connectivity index (χ2n) is 5.13. The highest BCUT2D eigenvalue weighted by atomic mass is 35.5. The number of methoxy groups -OCH3 is 3. The van der Waals surface area contributed by atoms with Crippen LogP contribution in [-0.4, -0.2) is 27.2 Å². The van der Waals surface area contributed by atoms with Gasteiger partial charge in [-0.05, 0) is 30.2 Å². The maximum absolute atomic E-state index is 12.2. The van der Waals surface area contributed by atoms with Crippen LogP contribution in [0.25, 0.3) is 0 Å². The molecule has 1 amide bonds. The molecule has 7 heteroatoms. The van der Waals surface area contributed by atoms with Crippen molar-refractivity contribution in [1.29, 1.82) is 0 Å². The minimum Gasteiger partial charge on any atom is -0.493 e. The first-order chi connectivity index (χ1) is 11.6. The molecule has 0 heterocycles. The average Bonchev–Trinajstić information content (AvgIpc) is 2.60. The summed E-state index contributed by atoms with van der Waals surface area (Å²) in [5.74, 6) is 1.55. The third kappa shape index (κ3) is 4.93. The zero-order valence-corrected chi connectivity index (χ0v) is 15.3. The van der Waals surface area contributed by atoms with Gasteiger partial charge in [-0.2, -0.15) is 0 Å². The molecule has 136 valence electrons. The van der Waals surface area contributed by atoms with Crippen LogP contribution in [-0.2, 0) is 11.2 Å². The van der Waals surface area contributed by atoms with Crippen molar-refractivity contribution in [3.05, 3.63) is 42.0 Å². The Morgan fingerprint density at radius 3 is 2.28 bits per heavy atom. The maximum atomic E-state index is 12.2. The van der Waals surface area contributed by atoms with Crippen molar-refractivity contribution in [3.8, 4) is 17.2 Å². The molecule has 0 aliphatic rings. The molecular formula is C18H23ClN2O4. The van der Waals surface area contributed by atoms with Gasteiger partial charge >= 0.3 is 0 Å². The molecule has 0 aliphatic heterocycles. The van der Waals surface area contributed by atoms with Gasteiger partial charge in [-0.15, -0.1) is 12.4 Å². The van der Waals surface area contributed by atoms with Crippen LogP contribution >= 0.6 is 12.4 Å². The zero-order valence-electron chi connectivity index (χ0n) is 14.5. The molecule has 0 bridgehead atoms. The molecule has 3 N–H and O–H groups in total. The number of hydrogen-bond donors (Lipinski definition) is 2. The quantitative estimate of drug-likeness (QED) is 0.735. The first kappa shape index (κ1) is 20.4. The molecule has 0 saturated carbocycles. The van der Waals surface area contributed by atoms with Crippen molar-refractivity contribution in [2.24, 2.45) is 0 Å². The number of aryl methyl sites for hydroxylation is 1. The van der Waals surface area contributed by atoms with Crippen LogP contribution in [0.4, 0.5) is 11.4 Å². The van der Waals surface area contributed by atoms with Gasteiger partial charge in [-0.1, -0.05) is 18.2 Å². The van der Waals surface area contributed by atoms with Crippen molar-refractivity contribution in [2.75, 3.05) is 32.4 Å². The molecule has 0 atom stereocenters. The second kappa shape index (κ2) is 9.64. The summed E-state index contributed by atoms with van der Waals surface area (Å²) in [5.41, 5.74) is 7.84. The van der Waals surface area contributed by atoms with Gasteiger partial charge < -0.3 is 25.3 Å². The van der Waals surface area contributed by atoms with Gasteiger partial charge in [0.2, 0.25) is 11.7 Å². The second-order valence-corrected chi connectivity index (χ2v) is 5.13. The van der Waals surface area contributed by atoms with E-state index in [1.54, 1.807) is 39.5 Å². The van der Waals surface area contributed by atoms with Crippen molar-refractivity contribution in [2.45, 2.75) is 12.8 Å². The van der Waals surface area contributed by atoms with Gasteiger partial charge in [-0.3, -0.25) is 4.79 Å². The topological polar surface area (TPSA) is 82.8 Å². The monoisotopic (exact) mass is 366 g/mol. The number of anilines is 2. The number of nitrogens with one attached hydrogen (secondary N) is 1. The van der Waals surface area contributed by atoms with Crippen LogP contribution < -0.4 is 25.3 Å². The Labute approximate surface area is 153 Å². The lowest BCUT2D eigenvalue weighted by molar-refractivity contribution is -0.116. The van der Waals surface area contributed by atoms with Gasteiger partial charge in [-0.25, -0.2) is 0 Å². The Bertz CT molecular complexity index is 722. The number of nitrogen functional groups attached to an aromatic ring is 1. The fourth-order valence-electron chi connectivity index (χ4n) is 2.43. The Morgan fingerprint density at radius 1 is 1.00 bits per heavy atom. The summed E-state index contributed by atoms with van der Waals surface area (Å²) in [4.78, 5) is 12.2. The number of carbonyl (C=O) groups excluding carboxylic acids is 1. The van der Waals surface area contributed by atoms with Gasteiger partial charge in [0, 0.05) is 6.42 Å². The van der Waals surface area contributed by atoms with Crippen molar-refractivity contribution in [3.63, 3.8) is 0 Å². The third-order valence-corrected chi connectivity index (χ3v) is 3.64. The van der Waals surface area contributed by atoms with Crippen LogP contribution in [0.2, 0.25) is 0 Å². The molecule has 0 fully saturated rings. The lowest BCUT2D eigenvalue weighted by atomic mass is 10.1. The summed E-state index contributed by atoms with van der Waals surface area (Å²) in [6.07, 6.45) is 0.794. The molecule has 2 aromatic carbocycles. The molecular weight excluding hydrogens is 344 g/mol. The molecule has 0 aromatic heterocycles. The van der Waals surface area contributed by atoms with Crippen LogP contribution in [0.3, 0.4) is 0 Å².